The summed E-state index contributed by atoms with van der Waals surface area (Å²) in [5, 5.41) is 21.5. The van der Waals surface area contributed by atoms with Gasteiger partial charge in [0.25, 0.3) is 0 Å². The molecular weight excluding hydrogens is 230 g/mol. The van der Waals surface area contributed by atoms with Gasteiger partial charge in [-0.3, -0.25) is 10.1 Å². The van der Waals surface area contributed by atoms with Gasteiger partial charge in [-0.2, -0.15) is 0 Å². The van der Waals surface area contributed by atoms with Gasteiger partial charge in [0, 0.05) is 12.1 Å². The second-order valence-electron chi connectivity index (χ2n) is 4.71. The minimum absolute atomic E-state index is 0.0401. The van der Waals surface area contributed by atoms with Crippen LogP contribution in [0.5, 0.6) is 0 Å². The van der Waals surface area contributed by atoms with Crippen LogP contribution < -0.4 is 5.32 Å². The van der Waals surface area contributed by atoms with E-state index >= 15 is 0 Å². The fraction of sp³-hybridized carbons (Fsp3) is 0.500. The van der Waals surface area contributed by atoms with Gasteiger partial charge in [-0.05, 0) is 25.3 Å². The lowest BCUT2D eigenvalue weighted by Crippen LogP contribution is -2.47. The molecule has 2 unspecified atom stereocenters. The molecule has 2 atom stereocenters. The second-order valence-corrected chi connectivity index (χ2v) is 4.71. The summed E-state index contributed by atoms with van der Waals surface area (Å²) in [5.74, 6) is -0.904. The van der Waals surface area contributed by atoms with E-state index in [1.807, 2.05) is 32.0 Å². The van der Waals surface area contributed by atoms with Crippen molar-refractivity contribution < 1.29 is 15.0 Å². The molecule has 0 heterocycles. The Morgan fingerprint density at radius 1 is 1.39 bits per heavy atom. The van der Waals surface area contributed by atoms with E-state index < -0.39 is 12.0 Å². The highest BCUT2D eigenvalue weighted by Gasteiger charge is 2.29. The highest BCUT2D eigenvalue weighted by Crippen LogP contribution is 2.21. The summed E-state index contributed by atoms with van der Waals surface area (Å²) in [6.45, 7) is 3.95. The van der Waals surface area contributed by atoms with Crippen LogP contribution in [0, 0.1) is 0 Å². The van der Waals surface area contributed by atoms with Crippen LogP contribution in [0.3, 0.4) is 0 Å². The lowest BCUT2D eigenvalue weighted by Gasteiger charge is -2.32. The molecule has 18 heavy (non-hydrogen) atoms. The second kappa shape index (κ2) is 6.52. The molecule has 4 nitrogen and oxygen atoms in total. The van der Waals surface area contributed by atoms with Crippen LogP contribution in [-0.4, -0.2) is 28.3 Å². The molecule has 0 saturated carbocycles. The number of carboxylic acid groups (broad SMARTS) is 1. The van der Waals surface area contributed by atoms with Gasteiger partial charge in [0.05, 0.1) is 0 Å². The number of carboxylic acids is 1. The Balaban J connectivity index is 2.91. The molecule has 0 aromatic heterocycles. The molecule has 1 aromatic carbocycles. The molecule has 3 N–H and O–H groups in total. The van der Waals surface area contributed by atoms with Gasteiger partial charge >= 0.3 is 5.97 Å². The van der Waals surface area contributed by atoms with E-state index in [1.165, 1.54) is 0 Å². The fourth-order valence-electron chi connectivity index (χ4n) is 1.88. The average molecular weight is 251 g/mol. The third kappa shape index (κ3) is 3.82. The van der Waals surface area contributed by atoms with Crippen molar-refractivity contribution in [3.05, 3.63) is 35.9 Å². The standard InChI is InChI=1S/C14H21NO3/c1-3-14(2,9-10-16)15-12(13(17)18)11-7-5-4-6-8-11/h4-8,12,15-16H,3,9-10H2,1-2H3,(H,17,18). The Morgan fingerprint density at radius 2 is 2.00 bits per heavy atom. The summed E-state index contributed by atoms with van der Waals surface area (Å²) in [6, 6.07) is 8.34. The van der Waals surface area contributed by atoms with Crippen molar-refractivity contribution in [2.24, 2.45) is 0 Å². The van der Waals surface area contributed by atoms with Crippen LogP contribution in [0.25, 0.3) is 0 Å². The molecule has 4 heteroatoms. The van der Waals surface area contributed by atoms with Crippen LogP contribution in [0.2, 0.25) is 0 Å². The van der Waals surface area contributed by atoms with Gasteiger partial charge in [0.1, 0.15) is 6.04 Å². The molecular formula is C14H21NO3. The van der Waals surface area contributed by atoms with Gasteiger partial charge in [-0.25, -0.2) is 0 Å². The first-order valence-corrected chi connectivity index (χ1v) is 6.18. The van der Waals surface area contributed by atoms with Crippen LogP contribution >= 0.6 is 0 Å². The van der Waals surface area contributed by atoms with E-state index in [9.17, 15) is 9.90 Å². The Hall–Kier alpha value is -1.39. The van der Waals surface area contributed by atoms with Crippen molar-refractivity contribution in [1.29, 1.82) is 0 Å². The first kappa shape index (κ1) is 14.7. The number of benzene rings is 1. The van der Waals surface area contributed by atoms with Crippen molar-refractivity contribution in [1.82, 2.24) is 5.32 Å². The maximum absolute atomic E-state index is 11.4. The number of hydrogen-bond donors (Lipinski definition) is 3. The summed E-state index contributed by atoms with van der Waals surface area (Å²) in [6.07, 6.45) is 1.28. The quantitative estimate of drug-likeness (QED) is 0.693. The zero-order valence-corrected chi connectivity index (χ0v) is 10.9. The first-order valence-electron chi connectivity index (χ1n) is 6.18. The fourth-order valence-corrected chi connectivity index (χ4v) is 1.88. The molecule has 0 aliphatic carbocycles. The summed E-state index contributed by atoms with van der Waals surface area (Å²) in [5.41, 5.74) is 0.343. The zero-order valence-electron chi connectivity index (χ0n) is 10.9. The minimum atomic E-state index is -0.904. The van der Waals surface area contributed by atoms with Crippen LogP contribution in [-0.2, 0) is 4.79 Å². The largest absolute Gasteiger partial charge is 0.480 e. The normalized spacial score (nSPS) is 15.9. The third-order valence-electron chi connectivity index (χ3n) is 3.32. The number of carbonyl (C=O) groups is 1. The molecule has 1 rings (SSSR count). The molecule has 0 bridgehead atoms. The van der Waals surface area contributed by atoms with Gasteiger partial charge in [-0.15, -0.1) is 0 Å². The minimum Gasteiger partial charge on any atom is -0.480 e. The van der Waals surface area contributed by atoms with E-state index in [4.69, 9.17) is 5.11 Å². The molecule has 1 aromatic rings. The first-order chi connectivity index (χ1) is 8.52. The van der Waals surface area contributed by atoms with E-state index in [0.29, 0.717) is 6.42 Å². The summed E-state index contributed by atoms with van der Waals surface area (Å²) in [7, 11) is 0. The lowest BCUT2D eigenvalue weighted by molar-refractivity contribution is -0.140. The van der Waals surface area contributed by atoms with Crippen LogP contribution in [0.1, 0.15) is 38.3 Å². The van der Waals surface area contributed by atoms with Crippen LogP contribution in [0.4, 0.5) is 0 Å². The molecule has 0 saturated heterocycles. The van der Waals surface area contributed by atoms with Crippen molar-refractivity contribution in [2.45, 2.75) is 38.3 Å². The van der Waals surface area contributed by atoms with E-state index in [1.54, 1.807) is 12.1 Å². The Kier molecular flexibility index (Phi) is 5.31. The SMILES string of the molecule is CCC(C)(CCO)NC(C(=O)O)c1ccccc1. The Labute approximate surface area is 108 Å². The van der Waals surface area contributed by atoms with Gasteiger partial charge in [-0.1, -0.05) is 37.3 Å². The molecule has 0 spiro atoms. The number of aliphatic hydroxyl groups excluding tert-OH is 1. The van der Waals surface area contributed by atoms with Crippen molar-refractivity contribution in [2.75, 3.05) is 6.61 Å². The van der Waals surface area contributed by atoms with E-state index in [2.05, 4.69) is 5.32 Å². The number of rotatable bonds is 7. The van der Waals surface area contributed by atoms with Crippen molar-refractivity contribution in [3.8, 4) is 0 Å². The number of aliphatic carboxylic acids is 1. The molecule has 100 valence electrons. The molecule has 0 amide bonds. The van der Waals surface area contributed by atoms with E-state index in [0.717, 1.165) is 12.0 Å². The zero-order chi connectivity index (χ0) is 13.6. The Bertz CT molecular complexity index is 380. The predicted octanol–water partition coefficient (Wildman–Crippen LogP) is 1.95. The Morgan fingerprint density at radius 3 is 2.44 bits per heavy atom. The number of hydrogen-bond acceptors (Lipinski definition) is 3. The topological polar surface area (TPSA) is 69.6 Å². The third-order valence-corrected chi connectivity index (χ3v) is 3.32. The molecule has 0 fully saturated rings. The molecule has 0 aliphatic heterocycles. The molecule has 0 radical (unpaired) electrons. The van der Waals surface area contributed by atoms with Gasteiger partial charge in [0.2, 0.25) is 0 Å². The summed E-state index contributed by atoms with van der Waals surface area (Å²) >= 11 is 0. The number of aliphatic hydroxyl groups is 1. The van der Waals surface area contributed by atoms with Gasteiger partial charge in [0.15, 0.2) is 0 Å². The maximum Gasteiger partial charge on any atom is 0.325 e. The van der Waals surface area contributed by atoms with Crippen molar-refractivity contribution in [3.63, 3.8) is 0 Å². The smallest absolute Gasteiger partial charge is 0.325 e. The monoisotopic (exact) mass is 251 g/mol. The summed E-state index contributed by atoms with van der Waals surface area (Å²) < 4.78 is 0. The maximum atomic E-state index is 11.4. The van der Waals surface area contributed by atoms with Crippen molar-refractivity contribution >= 4 is 5.97 Å². The van der Waals surface area contributed by atoms with Crippen LogP contribution in [0.15, 0.2) is 30.3 Å². The van der Waals surface area contributed by atoms with Gasteiger partial charge < -0.3 is 10.2 Å². The highest BCUT2D eigenvalue weighted by atomic mass is 16.4. The average Bonchev–Trinajstić information content (AvgIpc) is 2.37. The predicted molar refractivity (Wildman–Crippen MR) is 70.4 cm³/mol. The lowest BCUT2D eigenvalue weighted by atomic mass is 9.92. The summed E-state index contributed by atoms with van der Waals surface area (Å²) in [4.78, 5) is 11.4. The van der Waals surface area contributed by atoms with E-state index in [-0.39, 0.29) is 12.1 Å². The number of nitrogens with one attached hydrogen (secondary N) is 1. The molecule has 0 aliphatic rings. The highest BCUT2D eigenvalue weighted by molar-refractivity contribution is 5.75.